The summed E-state index contributed by atoms with van der Waals surface area (Å²) in [5.41, 5.74) is 2.30. The van der Waals surface area contributed by atoms with Crippen molar-refractivity contribution in [1.82, 2.24) is 0 Å². The fourth-order valence-corrected chi connectivity index (χ4v) is 1.23. The van der Waals surface area contributed by atoms with Crippen molar-refractivity contribution in [2.24, 2.45) is 0 Å². The van der Waals surface area contributed by atoms with Crippen molar-refractivity contribution in [3.63, 3.8) is 0 Å². The highest BCUT2D eigenvalue weighted by molar-refractivity contribution is 5.89. The Hall–Kier alpha value is -1.31. The van der Waals surface area contributed by atoms with E-state index >= 15 is 0 Å². The smallest absolute Gasteiger partial charge is 0.335 e. The molecule has 0 unspecified atom stereocenters. The van der Waals surface area contributed by atoms with Crippen LogP contribution in [-0.2, 0) is 0 Å². The number of aryl methyl sites for hydroxylation is 1. The minimum absolute atomic E-state index is 0.374. The van der Waals surface area contributed by atoms with Gasteiger partial charge in [-0.25, -0.2) is 4.79 Å². The predicted octanol–water partition coefficient (Wildman–Crippen LogP) is 2.82. The van der Waals surface area contributed by atoms with Crippen LogP contribution in [0.5, 0.6) is 0 Å². The van der Waals surface area contributed by atoms with E-state index < -0.39 is 5.97 Å². The molecule has 0 aliphatic rings. The fraction of sp³-hybridized carbons (Fsp3) is 0.364. The van der Waals surface area contributed by atoms with Crippen molar-refractivity contribution in [3.05, 3.63) is 34.9 Å². The largest absolute Gasteiger partial charge is 0.478 e. The van der Waals surface area contributed by atoms with Gasteiger partial charge in [-0.1, -0.05) is 26.0 Å². The summed E-state index contributed by atoms with van der Waals surface area (Å²) in [6.45, 7) is 5.92. The lowest BCUT2D eigenvalue weighted by atomic mass is 9.98. The summed E-state index contributed by atoms with van der Waals surface area (Å²) in [4.78, 5) is 10.8. The normalized spacial score (nSPS) is 10.5. The zero-order chi connectivity index (χ0) is 10.0. The lowest BCUT2D eigenvalue weighted by Gasteiger charge is -2.07. The first-order chi connectivity index (χ1) is 6.02. The molecule has 1 aromatic rings. The summed E-state index contributed by atoms with van der Waals surface area (Å²) in [7, 11) is 0. The number of benzene rings is 1. The maximum atomic E-state index is 10.8. The Balaban J connectivity index is 3.19. The average molecular weight is 178 g/mol. The highest BCUT2D eigenvalue weighted by atomic mass is 16.4. The number of aromatic carboxylic acids is 1. The number of hydrogen-bond donors (Lipinski definition) is 1. The van der Waals surface area contributed by atoms with Gasteiger partial charge >= 0.3 is 5.97 Å². The van der Waals surface area contributed by atoms with E-state index in [-0.39, 0.29) is 0 Å². The third-order valence-corrected chi connectivity index (χ3v) is 2.16. The first kappa shape index (κ1) is 9.78. The molecule has 0 radical (unpaired) electrons. The van der Waals surface area contributed by atoms with Gasteiger partial charge in [0.1, 0.15) is 0 Å². The standard InChI is InChI=1S/C11H14O2/c1-7(2)9-5-4-8(3)10(6-9)11(12)13/h4-7H,1-3H3,(H,12,13). The van der Waals surface area contributed by atoms with Gasteiger partial charge in [-0.15, -0.1) is 0 Å². The number of carbonyl (C=O) groups is 1. The van der Waals surface area contributed by atoms with Gasteiger partial charge in [0.05, 0.1) is 5.56 Å². The van der Waals surface area contributed by atoms with Crippen molar-refractivity contribution in [2.75, 3.05) is 0 Å². The maximum Gasteiger partial charge on any atom is 0.335 e. The molecular formula is C11H14O2. The van der Waals surface area contributed by atoms with Gasteiger partial charge in [0.15, 0.2) is 0 Å². The summed E-state index contributed by atoms with van der Waals surface area (Å²) < 4.78 is 0. The third-order valence-electron chi connectivity index (χ3n) is 2.16. The van der Waals surface area contributed by atoms with E-state index in [1.54, 1.807) is 6.07 Å². The Morgan fingerprint density at radius 1 is 1.38 bits per heavy atom. The van der Waals surface area contributed by atoms with Crippen LogP contribution < -0.4 is 0 Å². The molecule has 70 valence electrons. The van der Waals surface area contributed by atoms with Crippen molar-refractivity contribution < 1.29 is 9.90 Å². The first-order valence-electron chi connectivity index (χ1n) is 4.36. The lowest BCUT2D eigenvalue weighted by Crippen LogP contribution is -2.01. The van der Waals surface area contributed by atoms with Crippen molar-refractivity contribution in [3.8, 4) is 0 Å². The Kier molecular flexibility index (Phi) is 2.71. The van der Waals surface area contributed by atoms with E-state index in [0.717, 1.165) is 11.1 Å². The topological polar surface area (TPSA) is 37.3 Å². The van der Waals surface area contributed by atoms with E-state index in [0.29, 0.717) is 11.5 Å². The molecule has 1 N–H and O–H groups in total. The molecule has 2 nitrogen and oxygen atoms in total. The summed E-state index contributed by atoms with van der Waals surface area (Å²) in [5, 5.41) is 8.87. The van der Waals surface area contributed by atoms with Gasteiger partial charge in [-0.2, -0.15) is 0 Å². The molecule has 0 atom stereocenters. The van der Waals surface area contributed by atoms with Crippen LogP contribution in [0.15, 0.2) is 18.2 Å². The van der Waals surface area contributed by atoms with E-state index in [2.05, 4.69) is 13.8 Å². The van der Waals surface area contributed by atoms with Crippen molar-refractivity contribution >= 4 is 5.97 Å². The molecule has 0 aliphatic heterocycles. The number of carboxylic acids is 1. The zero-order valence-corrected chi connectivity index (χ0v) is 8.16. The zero-order valence-electron chi connectivity index (χ0n) is 8.16. The van der Waals surface area contributed by atoms with Gasteiger partial charge in [-0.3, -0.25) is 0 Å². The monoisotopic (exact) mass is 178 g/mol. The van der Waals surface area contributed by atoms with Crippen molar-refractivity contribution in [2.45, 2.75) is 26.7 Å². The maximum absolute atomic E-state index is 10.8. The van der Waals surface area contributed by atoms with Crippen LogP contribution in [0.3, 0.4) is 0 Å². The first-order valence-corrected chi connectivity index (χ1v) is 4.36. The summed E-state index contributed by atoms with van der Waals surface area (Å²) in [5.74, 6) is -0.473. The second-order valence-electron chi connectivity index (χ2n) is 3.53. The second kappa shape index (κ2) is 3.60. The average Bonchev–Trinajstić information content (AvgIpc) is 2.04. The molecule has 0 aromatic heterocycles. The van der Waals surface area contributed by atoms with Gasteiger partial charge in [0, 0.05) is 0 Å². The highest BCUT2D eigenvalue weighted by Gasteiger charge is 2.08. The van der Waals surface area contributed by atoms with Crippen molar-refractivity contribution in [1.29, 1.82) is 0 Å². The minimum Gasteiger partial charge on any atom is -0.478 e. The van der Waals surface area contributed by atoms with Crippen LogP contribution >= 0.6 is 0 Å². The molecule has 0 saturated heterocycles. The van der Waals surface area contributed by atoms with Crippen LogP contribution in [0.2, 0.25) is 0 Å². The van der Waals surface area contributed by atoms with Gasteiger partial charge in [-0.05, 0) is 30.0 Å². The summed E-state index contributed by atoms with van der Waals surface area (Å²) in [6, 6.07) is 5.59. The Labute approximate surface area is 78.2 Å². The molecule has 0 spiro atoms. The molecule has 0 heterocycles. The van der Waals surface area contributed by atoms with Gasteiger partial charge in [0.2, 0.25) is 0 Å². The number of rotatable bonds is 2. The molecule has 0 saturated carbocycles. The Morgan fingerprint density at radius 2 is 2.00 bits per heavy atom. The summed E-state index contributed by atoms with van der Waals surface area (Å²) >= 11 is 0. The molecule has 0 amide bonds. The van der Waals surface area contributed by atoms with E-state index in [1.165, 1.54) is 0 Å². The van der Waals surface area contributed by atoms with Gasteiger partial charge < -0.3 is 5.11 Å². The van der Waals surface area contributed by atoms with Crippen LogP contribution in [0.4, 0.5) is 0 Å². The van der Waals surface area contributed by atoms with E-state index in [1.807, 2.05) is 19.1 Å². The van der Waals surface area contributed by atoms with Crippen LogP contribution in [-0.4, -0.2) is 11.1 Å². The second-order valence-corrected chi connectivity index (χ2v) is 3.53. The fourth-order valence-electron chi connectivity index (χ4n) is 1.23. The molecule has 0 aliphatic carbocycles. The molecule has 0 bridgehead atoms. The predicted molar refractivity (Wildman–Crippen MR) is 52.2 cm³/mol. The lowest BCUT2D eigenvalue weighted by molar-refractivity contribution is 0.0696. The molecule has 2 heteroatoms. The molecule has 1 aromatic carbocycles. The molecule has 0 fully saturated rings. The number of hydrogen-bond acceptors (Lipinski definition) is 1. The van der Waals surface area contributed by atoms with Crippen LogP contribution in [0.25, 0.3) is 0 Å². The Bertz CT molecular complexity index is 327. The highest BCUT2D eigenvalue weighted by Crippen LogP contribution is 2.18. The molecule has 1 rings (SSSR count). The summed E-state index contributed by atoms with van der Waals surface area (Å²) in [6.07, 6.45) is 0. The quantitative estimate of drug-likeness (QED) is 0.756. The molecule has 13 heavy (non-hydrogen) atoms. The van der Waals surface area contributed by atoms with Crippen LogP contribution in [0.1, 0.15) is 41.3 Å². The minimum atomic E-state index is -0.847. The third kappa shape index (κ3) is 2.08. The van der Waals surface area contributed by atoms with E-state index in [9.17, 15) is 4.79 Å². The van der Waals surface area contributed by atoms with Gasteiger partial charge in [0.25, 0.3) is 0 Å². The van der Waals surface area contributed by atoms with E-state index in [4.69, 9.17) is 5.11 Å². The molecular weight excluding hydrogens is 164 g/mol. The number of carboxylic acid groups (broad SMARTS) is 1. The SMILES string of the molecule is Cc1ccc(C(C)C)cc1C(=O)O. The van der Waals surface area contributed by atoms with Crippen LogP contribution in [0, 0.1) is 6.92 Å². The Morgan fingerprint density at radius 3 is 2.46 bits per heavy atom.